The van der Waals surface area contributed by atoms with E-state index in [1.54, 1.807) is 0 Å². The summed E-state index contributed by atoms with van der Waals surface area (Å²) >= 11 is 0. The van der Waals surface area contributed by atoms with Crippen LogP contribution in [0.3, 0.4) is 0 Å². The number of amides is 1. The minimum atomic E-state index is -0.487. The minimum absolute atomic E-state index is 0.0519. The lowest BCUT2D eigenvalue weighted by atomic mass is 9.63. The van der Waals surface area contributed by atoms with Gasteiger partial charge in [-0.1, -0.05) is 13.0 Å². The molecule has 3 nitrogen and oxygen atoms in total. The van der Waals surface area contributed by atoms with Crippen LogP contribution in [0.15, 0.2) is 12.7 Å². The maximum atomic E-state index is 12.5. The zero-order valence-electron chi connectivity index (χ0n) is 12.1. The van der Waals surface area contributed by atoms with Gasteiger partial charge in [-0.15, -0.1) is 6.58 Å². The molecule has 0 radical (unpaired) electrons. The highest BCUT2D eigenvalue weighted by molar-refractivity contribution is 5.83. The first-order chi connectivity index (χ1) is 8.23. The molecule has 0 aromatic heterocycles. The zero-order valence-corrected chi connectivity index (χ0v) is 12.1. The Morgan fingerprint density at radius 2 is 2.11 bits per heavy atom. The van der Waals surface area contributed by atoms with E-state index in [4.69, 9.17) is 0 Å². The van der Waals surface area contributed by atoms with Crippen molar-refractivity contribution in [2.45, 2.75) is 52.5 Å². The molecule has 0 bridgehead atoms. The van der Waals surface area contributed by atoms with Crippen LogP contribution in [-0.4, -0.2) is 23.2 Å². The predicted molar refractivity (Wildman–Crippen MR) is 74.1 cm³/mol. The summed E-state index contributed by atoms with van der Waals surface area (Å²) in [4.78, 5) is 12.5. The van der Waals surface area contributed by atoms with E-state index in [0.717, 1.165) is 19.3 Å². The van der Waals surface area contributed by atoms with E-state index in [0.29, 0.717) is 5.92 Å². The Hall–Kier alpha value is -0.830. The van der Waals surface area contributed by atoms with E-state index < -0.39 is 5.41 Å². The number of hydrogen-bond donors (Lipinski definition) is 2. The van der Waals surface area contributed by atoms with Crippen molar-refractivity contribution in [1.82, 2.24) is 5.32 Å². The molecule has 3 heteroatoms. The Bertz CT molecular complexity index is 319. The molecule has 1 aliphatic carbocycles. The van der Waals surface area contributed by atoms with Crippen molar-refractivity contribution in [3.8, 4) is 0 Å². The first-order valence-electron chi connectivity index (χ1n) is 6.79. The van der Waals surface area contributed by atoms with Crippen LogP contribution in [-0.2, 0) is 4.79 Å². The van der Waals surface area contributed by atoms with Crippen LogP contribution < -0.4 is 5.32 Å². The number of aliphatic hydroxyl groups is 1. The van der Waals surface area contributed by atoms with E-state index in [1.165, 1.54) is 0 Å². The molecule has 0 aliphatic heterocycles. The molecule has 18 heavy (non-hydrogen) atoms. The van der Waals surface area contributed by atoms with Gasteiger partial charge in [-0.25, -0.2) is 0 Å². The summed E-state index contributed by atoms with van der Waals surface area (Å²) < 4.78 is 0. The molecule has 0 spiro atoms. The maximum absolute atomic E-state index is 12.5. The van der Waals surface area contributed by atoms with Gasteiger partial charge in [-0.3, -0.25) is 4.79 Å². The van der Waals surface area contributed by atoms with Crippen LogP contribution in [0, 0.1) is 17.3 Å². The predicted octanol–water partition coefficient (Wildman–Crippen LogP) is 2.50. The lowest BCUT2D eigenvalue weighted by Crippen LogP contribution is -2.53. The molecule has 3 atom stereocenters. The average Bonchev–Trinajstić information content (AvgIpc) is 2.26. The fourth-order valence-corrected chi connectivity index (χ4v) is 2.80. The van der Waals surface area contributed by atoms with Crippen molar-refractivity contribution in [3.05, 3.63) is 12.7 Å². The Balaban J connectivity index is 2.89. The standard InChI is InChI=1S/C15H27NO2/c1-6-11-7-8-12(10-17)15(5,9-11)13(18)16-14(2,3)4/h6,11-12,17H,1,7-10H2,2-5H3,(H,16,18). The highest BCUT2D eigenvalue weighted by Gasteiger charge is 2.45. The van der Waals surface area contributed by atoms with Crippen molar-refractivity contribution in [1.29, 1.82) is 0 Å². The van der Waals surface area contributed by atoms with Gasteiger partial charge in [0, 0.05) is 12.1 Å². The van der Waals surface area contributed by atoms with Crippen molar-refractivity contribution in [3.63, 3.8) is 0 Å². The first-order valence-corrected chi connectivity index (χ1v) is 6.79. The van der Waals surface area contributed by atoms with Crippen LogP contribution in [0.1, 0.15) is 47.0 Å². The van der Waals surface area contributed by atoms with Gasteiger partial charge < -0.3 is 10.4 Å². The van der Waals surface area contributed by atoms with Crippen molar-refractivity contribution in [2.24, 2.45) is 17.3 Å². The summed E-state index contributed by atoms with van der Waals surface area (Å²) in [6.07, 6.45) is 4.63. The molecule has 1 aliphatic rings. The van der Waals surface area contributed by atoms with Crippen molar-refractivity contribution in [2.75, 3.05) is 6.61 Å². The van der Waals surface area contributed by atoms with Crippen LogP contribution >= 0.6 is 0 Å². The smallest absolute Gasteiger partial charge is 0.226 e. The minimum Gasteiger partial charge on any atom is -0.396 e. The molecule has 0 saturated heterocycles. The molecule has 0 aromatic rings. The van der Waals surface area contributed by atoms with E-state index in [2.05, 4.69) is 11.9 Å². The molecule has 104 valence electrons. The molecular weight excluding hydrogens is 226 g/mol. The second-order valence-corrected chi connectivity index (χ2v) is 6.78. The number of hydrogen-bond acceptors (Lipinski definition) is 2. The number of allylic oxidation sites excluding steroid dienone is 1. The first kappa shape index (κ1) is 15.2. The van der Waals surface area contributed by atoms with Gasteiger partial charge in [-0.05, 0) is 51.9 Å². The van der Waals surface area contributed by atoms with Crippen LogP contribution in [0.4, 0.5) is 0 Å². The SMILES string of the molecule is C=CC1CCC(CO)C(C)(C(=O)NC(C)(C)C)C1. The molecule has 1 fully saturated rings. The molecule has 1 rings (SSSR count). The number of rotatable bonds is 3. The van der Waals surface area contributed by atoms with Crippen LogP contribution in [0.2, 0.25) is 0 Å². The molecular formula is C15H27NO2. The third kappa shape index (κ3) is 3.35. The van der Waals surface area contributed by atoms with E-state index in [-0.39, 0.29) is 24.0 Å². The Labute approximate surface area is 111 Å². The maximum Gasteiger partial charge on any atom is 0.226 e. The second-order valence-electron chi connectivity index (χ2n) is 6.78. The number of carbonyl (C=O) groups excluding carboxylic acids is 1. The molecule has 3 unspecified atom stereocenters. The third-order valence-electron chi connectivity index (χ3n) is 4.03. The number of aliphatic hydroxyl groups excluding tert-OH is 1. The molecule has 2 N–H and O–H groups in total. The van der Waals surface area contributed by atoms with E-state index in [9.17, 15) is 9.90 Å². The lowest BCUT2D eigenvalue weighted by Gasteiger charge is -2.43. The largest absolute Gasteiger partial charge is 0.396 e. The molecule has 0 aromatic carbocycles. The molecule has 1 amide bonds. The summed E-state index contributed by atoms with van der Waals surface area (Å²) in [6, 6.07) is 0. The van der Waals surface area contributed by atoms with Crippen molar-refractivity contribution < 1.29 is 9.90 Å². The number of nitrogens with one attached hydrogen (secondary N) is 1. The normalized spacial score (nSPS) is 32.9. The van der Waals surface area contributed by atoms with Crippen LogP contribution in [0.25, 0.3) is 0 Å². The van der Waals surface area contributed by atoms with Gasteiger partial charge in [0.1, 0.15) is 0 Å². The van der Waals surface area contributed by atoms with Crippen LogP contribution in [0.5, 0.6) is 0 Å². The fraction of sp³-hybridized carbons (Fsp3) is 0.800. The fourth-order valence-electron chi connectivity index (χ4n) is 2.80. The highest BCUT2D eigenvalue weighted by atomic mass is 16.3. The molecule has 1 saturated carbocycles. The average molecular weight is 253 g/mol. The third-order valence-corrected chi connectivity index (χ3v) is 4.03. The Morgan fingerprint density at radius 3 is 2.56 bits per heavy atom. The summed E-state index contributed by atoms with van der Waals surface area (Å²) in [6.45, 7) is 11.8. The quantitative estimate of drug-likeness (QED) is 0.759. The Kier molecular flexibility index (Phi) is 4.60. The summed E-state index contributed by atoms with van der Waals surface area (Å²) in [5, 5.41) is 12.6. The van der Waals surface area contributed by atoms with Gasteiger partial charge in [0.2, 0.25) is 5.91 Å². The summed E-state index contributed by atoms with van der Waals surface area (Å²) in [5.74, 6) is 0.486. The Morgan fingerprint density at radius 1 is 1.50 bits per heavy atom. The monoisotopic (exact) mass is 253 g/mol. The molecule has 0 heterocycles. The number of carbonyl (C=O) groups is 1. The van der Waals surface area contributed by atoms with Gasteiger partial charge in [0.25, 0.3) is 0 Å². The van der Waals surface area contributed by atoms with E-state index >= 15 is 0 Å². The van der Waals surface area contributed by atoms with Crippen molar-refractivity contribution >= 4 is 5.91 Å². The summed E-state index contributed by atoms with van der Waals surface area (Å²) in [7, 11) is 0. The van der Waals surface area contributed by atoms with Gasteiger partial charge >= 0.3 is 0 Å². The topological polar surface area (TPSA) is 49.3 Å². The zero-order chi connectivity index (χ0) is 14.0. The lowest BCUT2D eigenvalue weighted by molar-refractivity contribution is -0.139. The highest BCUT2D eigenvalue weighted by Crippen LogP contribution is 2.44. The summed E-state index contributed by atoms with van der Waals surface area (Å²) in [5.41, 5.74) is -0.722. The second kappa shape index (κ2) is 5.43. The van der Waals surface area contributed by atoms with E-state index in [1.807, 2.05) is 33.8 Å². The van der Waals surface area contributed by atoms with Gasteiger partial charge in [0.05, 0.1) is 5.41 Å². The van der Waals surface area contributed by atoms with Gasteiger partial charge in [-0.2, -0.15) is 0 Å². The van der Waals surface area contributed by atoms with Gasteiger partial charge in [0.15, 0.2) is 0 Å².